The lowest BCUT2D eigenvalue weighted by atomic mass is 10.1. The van der Waals surface area contributed by atoms with Crippen LogP contribution in [-0.4, -0.2) is 41.7 Å². The van der Waals surface area contributed by atoms with E-state index in [0.717, 1.165) is 10.0 Å². The zero-order valence-electron chi connectivity index (χ0n) is 8.44. The van der Waals surface area contributed by atoms with Crippen LogP contribution in [0.2, 0.25) is 0 Å². The van der Waals surface area contributed by atoms with Crippen molar-refractivity contribution in [2.75, 3.05) is 20.6 Å². The molecule has 3 nitrogen and oxygen atoms in total. The van der Waals surface area contributed by atoms with Crippen molar-refractivity contribution >= 4 is 15.9 Å². The van der Waals surface area contributed by atoms with Gasteiger partial charge in [0.05, 0.1) is 6.10 Å². The van der Waals surface area contributed by atoms with E-state index in [1.165, 1.54) is 0 Å². The van der Waals surface area contributed by atoms with Crippen molar-refractivity contribution in [3.63, 3.8) is 0 Å². The molecular weight excluding hydrogens is 244 g/mol. The van der Waals surface area contributed by atoms with Crippen molar-refractivity contribution < 1.29 is 5.11 Å². The normalized spacial score (nSPS) is 13.2. The van der Waals surface area contributed by atoms with Crippen LogP contribution in [0.25, 0.3) is 0 Å². The summed E-state index contributed by atoms with van der Waals surface area (Å²) in [4.78, 5) is 6.01. The van der Waals surface area contributed by atoms with Crippen LogP contribution in [0.1, 0.15) is 5.56 Å². The molecule has 0 aliphatic rings. The molecule has 0 aromatic carbocycles. The van der Waals surface area contributed by atoms with Gasteiger partial charge in [0.15, 0.2) is 0 Å². The van der Waals surface area contributed by atoms with Gasteiger partial charge in [-0.15, -0.1) is 0 Å². The minimum atomic E-state index is -0.332. The molecule has 1 N–H and O–H groups in total. The molecule has 78 valence electrons. The van der Waals surface area contributed by atoms with Gasteiger partial charge in [-0.05, 0) is 41.7 Å². The molecule has 0 aliphatic carbocycles. The number of aromatic nitrogens is 1. The molecule has 0 bridgehead atoms. The number of likely N-dealkylation sites (N-methyl/N-ethyl adjacent to an activating group) is 1. The van der Waals surface area contributed by atoms with E-state index < -0.39 is 0 Å². The smallest absolute Gasteiger partial charge is 0.0707 e. The molecule has 1 rings (SSSR count). The third-order valence-corrected chi connectivity index (χ3v) is 2.24. The molecule has 1 heterocycles. The van der Waals surface area contributed by atoms with E-state index in [1.54, 1.807) is 12.4 Å². The van der Waals surface area contributed by atoms with E-state index in [9.17, 15) is 5.11 Å². The summed E-state index contributed by atoms with van der Waals surface area (Å²) in [6, 6.07) is 1.98. The highest BCUT2D eigenvalue weighted by molar-refractivity contribution is 9.10. The van der Waals surface area contributed by atoms with Crippen molar-refractivity contribution in [2.45, 2.75) is 12.5 Å². The molecule has 0 saturated heterocycles. The van der Waals surface area contributed by atoms with Crippen molar-refractivity contribution in [3.8, 4) is 0 Å². The fourth-order valence-electron chi connectivity index (χ4n) is 1.33. The average molecular weight is 259 g/mol. The molecule has 0 spiro atoms. The second-order valence-electron chi connectivity index (χ2n) is 3.63. The van der Waals surface area contributed by atoms with Gasteiger partial charge in [-0.25, -0.2) is 0 Å². The number of aliphatic hydroxyl groups is 1. The number of nitrogens with zero attached hydrogens (tertiary/aromatic N) is 2. The Morgan fingerprint density at radius 3 is 2.79 bits per heavy atom. The Labute approximate surface area is 92.9 Å². The summed E-state index contributed by atoms with van der Waals surface area (Å²) < 4.78 is 0.951. The van der Waals surface area contributed by atoms with Crippen LogP contribution in [0, 0.1) is 0 Å². The van der Waals surface area contributed by atoms with Gasteiger partial charge in [0.2, 0.25) is 0 Å². The van der Waals surface area contributed by atoms with E-state index in [4.69, 9.17) is 0 Å². The van der Waals surface area contributed by atoms with E-state index in [0.29, 0.717) is 13.0 Å². The van der Waals surface area contributed by atoms with Crippen LogP contribution in [-0.2, 0) is 6.42 Å². The summed E-state index contributed by atoms with van der Waals surface area (Å²) in [5, 5.41) is 9.68. The lowest BCUT2D eigenvalue weighted by Crippen LogP contribution is -2.27. The number of rotatable bonds is 4. The first-order chi connectivity index (χ1) is 6.58. The molecule has 0 radical (unpaired) electrons. The first kappa shape index (κ1) is 11.6. The van der Waals surface area contributed by atoms with E-state index in [1.807, 2.05) is 25.1 Å². The third-order valence-electron chi connectivity index (χ3n) is 1.81. The first-order valence-corrected chi connectivity index (χ1v) is 5.29. The lowest BCUT2D eigenvalue weighted by molar-refractivity contribution is 0.137. The van der Waals surface area contributed by atoms with Gasteiger partial charge in [-0.3, -0.25) is 4.98 Å². The van der Waals surface area contributed by atoms with Crippen LogP contribution in [0.4, 0.5) is 0 Å². The number of pyridine rings is 1. The van der Waals surface area contributed by atoms with E-state index in [-0.39, 0.29) is 6.10 Å². The maximum atomic E-state index is 9.68. The Kier molecular flexibility index (Phi) is 4.51. The van der Waals surface area contributed by atoms with Crippen molar-refractivity contribution in [3.05, 3.63) is 28.5 Å². The Hall–Kier alpha value is -0.450. The molecule has 1 aromatic rings. The van der Waals surface area contributed by atoms with Crippen molar-refractivity contribution in [2.24, 2.45) is 0 Å². The minimum absolute atomic E-state index is 0.332. The highest BCUT2D eigenvalue weighted by Crippen LogP contribution is 2.11. The number of hydrogen-bond acceptors (Lipinski definition) is 3. The number of aliphatic hydroxyl groups excluding tert-OH is 1. The van der Waals surface area contributed by atoms with Gasteiger partial charge >= 0.3 is 0 Å². The fraction of sp³-hybridized carbons (Fsp3) is 0.500. The van der Waals surface area contributed by atoms with Crippen LogP contribution < -0.4 is 0 Å². The van der Waals surface area contributed by atoms with Gasteiger partial charge in [-0.1, -0.05) is 0 Å². The Balaban J connectivity index is 2.51. The monoisotopic (exact) mass is 258 g/mol. The quantitative estimate of drug-likeness (QED) is 0.885. The molecule has 0 saturated carbocycles. The summed E-state index contributed by atoms with van der Waals surface area (Å²) in [7, 11) is 3.89. The maximum Gasteiger partial charge on any atom is 0.0707 e. The second kappa shape index (κ2) is 5.44. The molecular formula is C10H15BrN2O. The van der Waals surface area contributed by atoms with Crippen LogP contribution >= 0.6 is 15.9 Å². The second-order valence-corrected chi connectivity index (χ2v) is 4.55. The predicted octanol–water partition coefficient (Wildman–Crippen LogP) is 1.31. The highest BCUT2D eigenvalue weighted by atomic mass is 79.9. The standard InChI is InChI=1S/C10H15BrN2O/c1-13(2)7-10(14)4-8-3-9(11)6-12-5-8/h3,5-6,10,14H,4,7H2,1-2H3. The number of halogens is 1. The molecule has 1 aromatic heterocycles. The summed E-state index contributed by atoms with van der Waals surface area (Å²) >= 11 is 3.35. The summed E-state index contributed by atoms with van der Waals surface area (Å²) in [5.74, 6) is 0. The third kappa shape index (κ3) is 4.17. The highest BCUT2D eigenvalue weighted by Gasteiger charge is 2.06. The average Bonchev–Trinajstić information content (AvgIpc) is 2.01. The zero-order chi connectivity index (χ0) is 10.6. The van der Waals surface area contributed by atoms with E-state index >= 15 is 0 Å². The van der Waals surface area contributed by atoms with E-state index in [2.05, 4.69) is 20.9 Å². The number of hydrogen-bond donors (Lipinski definition) is 1. The first-order valence-electron chi connectivity index (χ1n) is 4.50. The summed E-state index contributed by atoms with van der Waals surface area (Å²) in [6.07, 6.45) is 3.83. The molecule has 14 heavy (non-hydrogen) atoms. The Morgan fingerprint density at radius 1 is 1.50 bits per heavy atom. The molecule has 0 amide bonds. The molecule has 4 heteroatoms. The summed E-state index contributed by atoms with van der Waals surface area (Å²) in [5.41, 5.74) is 1.05. The zero-order valence-corrected chi connectivity index (χ0v) is 10.0. The Bertz CT molecular complexity index is 291. The van der Waals surface area contributed by atoms with Crippen molar-refractivity contribution in [1.82, 2.24) is 9.88 Å². The maximum absolute atomic E-state index is 9.68. The summed E-state index contributed by atoms with van der Waals surface area (Å²) in [6.45, 7) is 0.673. The van der Waals surface area contributed by atoms with Gasteiger partial charge in [-0.2, -0.15) is 0 Å². The lowest BCUT2D eigenvalue weighted by Gasteiger charge is -2.15. The molecule has 0 aliphatic heterocycles. The predicted molar refractivity (Wildman–Crippen MR) is 60.2 cm³/mol. The van der Waals surface area contributed by atoms with Gasteiger partial charge in [0.25, 0.3) is 0 Å². The van der Waals surface area contributed by atoms with Crippen LogP contribution in [0.3, 0.4) is 0 Å². The van der Waals surface area contributed by atoms with Gasteiger partial charge in [0, 0.05) is 29.8 Å². The topological polar surface area (TPSA) is 36.4 Å². The van der Waals surface area contributed by atoms with Crippen molar-refractivity contribution in [1.29, 1.82) is 0 Å². The van der Waals surface area contributed by atoms with Crippen LogP contribution in [0.15, 0.2) is 22.9 Å². The fourth-order valence-corrected chi connectivity index (χ4v) is 1.74. The minimum Gasteiger partial charge on any atom is -0.391 e. The Morgan fingerprint density at radius 2 is 2.21 bits per heavy atom. The van der Waals surface area contributed by atoms with Crippen LogP contribution in [0.5, 0.6) is 0 Å². The SMILES string of the molecule is CN(C)CC(O)Cc1cncc(Br)c1. The van der Waals surface area contributed by atoms with Gasteiger partial charge < -0.3 is 10.0 Å². The molecule has 1 atom stereocenters. The largest absolute Gasteiger partial charge is 0.391 e. The molecule has 1 unspecified atom stereocenters. The molecule has 0 fully saturated rings. The van der Waals surface area contributed by atoms with Gasteiger partial charge in [0.1, 0.15) is 0 Å².